The molecule has 1 heterocycles. The lowest BCUT2D eigenvalue weighted by Crippen LogP contribution is -2.29. The number of aryl methyl sites for hydroxylation is 4. The van der Waals surface area contributed by atoms with Crippen LogP contribution in [0.5, 0.6) is 5.75 Å². The molecule has 0 fully saturated rings. The fourth-order valence-corrected chi connectivity index (χ4v) is 2.67. The molecule has 23 heavy (non-hydrogen) atoms. The molecule has 1 amide bonds. The van der Waals surface area contributed by atoms with Gasteiger partial charge in [0.1, 0.15) is 12.4 Å². The monoisotopic (exact) mass is 315 g/mol. The van der Waals surface area contributed by atoms with E-state index >= 15 is 0 Å². The van der Waals surface area contributed by atoms with E-state index in [2.05, 4.69) is 10.4 Å². The molecule has 124 valence electrons. The number of carbonyl (C=O) groups excluding carboxylic acids is 1. The van der Waals surface area contributed by atoms with E-state index in [1.54, 1.807) is 0 Å². The molecule has 2 aromatic rings. The van der Waals surface area contributed by atoms with Crippen LogP contribution in [0.4, 0.5) is 0 Å². The van der Waals surface area contributed by atoms with Crippen LogP contribution >= 0.6 is 0 Å². The minimum atomic E-state index is -0.00527. The van der Waals surface area contributed by atoms with Gasteiger partial charge in [0.2, 0.25) is 5.91 Å². The number of para-hydroxylation sites is 1. The molecule has 0 saturated carbocycles. The highest BCUT2D eigenvalue weighted by Gasteiger charge is 2.13. The summed E-state index contributed by atoms with van der Waals surface area (Å²) in [6.45, 7) is 8.91. The first-order chi connectivity index (χ1) is 10.9. The first-order valence-corrected chi connectivity index (χ1v) is 7.85. The Kier molecular flexibility index (Phi) is 5.42. The van der Waals surface area contributed by atoms with E-state index in [0.717, 1.165) is 33.8 Å². The Hall–Kier alpha value is -2.30. The van der Waals surface area contributed by atoms with Gasteiger partial charge in [-0.15, -0.1) is 0 Å². The summed E-state index contributed by atoms with van der Waals surface area (Å²) in [6.07, 6.45) is 0.356. The highest BCUT2D eigenvalue weighted by Crippen LogP contribution is 2.21. The van der Waals surface area contributed by atoms with Crippen molar-refractivity contribution in [2.45, 2.75) is 34.1 Å². The Labute approximate surface area is 137 Å². The predicted molar refractivity (Wildman–Crippen MR) is 90.8 cm³/mol. The van der Waals surface area contributed by atoms with Crippen molar-refractivity contribution in [1.82, 2.24) is 15.1 Å². The van der Waals surface area contributed by atoms with Gasteiger partial charge in [0.15, 0.2) is 0 Å². The van der Waals surface area contributed by atoms with Crippen LogP contribution in [-0.2, 0) is 18.3 Å². The molecular formula is C18H25N3O2. The van der Waals surface area contributed by atoms with Crippen molar-refractivity contribution < 1.29 is 9.53 Å². The van der Waals surface area contributed by atoms with E-state index in [4.69, 9.17) is 4.74 Å². The van der Waals surface area contributed by atoms with Gasteiger partial charge in [0.25, 0.3) is 0 Å². The highest BCUT2D eigenvalue weighted by atomic mass is 16.5. The van der Waals surface area contributed by atoms with E-state index in [1.165, 1.54) is 0 Å². The summed E-state index contributed by atoms with van der Waals surface area (Å²) in [4.78, 5) is 12.1. The van der Waals surface area contributed by atoms with Crippen molar-refractivity contribution in [1.29, 1.82) is 0 Å². The number of nitrogens with zero attached hydrogens (tertiary/aromatic N) is 2. The van der Waals surface area contributed by atoms with Gasteiger partial charge in [-0.2, -0.15) is 5.10 Å². The number of hydrogen-bond donors (Lipinski definition) is 1. The molecule has 5 heteroatoms. The third kappa shape index (κ3) is 4.12. The smallest absolute Gasteiger partial charge is 0.224 e. The summed E-state index contributed by atoms with van der Waals surface area (Å²) in [6, 6.07) is 6.06. The zero-order valence-corrected chi connectivity index (χ0v) is 14.6. The van der Waals surface area contributed by atoms with Crippen molar-refractivity contribution in [2.75, 3.05) is 13.2 Å². The van der Waals surface area contributed by atoms with Crippen molar-refractivity contribution in [3.8, 4) is 5.75 Å². The van der Waals surface area contributed by atoms with Crippen LogP contribution in [0.25, 0.3) is 0 Å². The van der Waals surface area contributed by atoms with Crippen LogP contribution < -0.4 is 10.1 Å². The van der Waals surface area contributed by atoms with Gasteiger partial charge in [0.05, 0.1) is 18.7 Å². The van der Waals surface area contributed by atoms with Gasteiger partial charge in [-0.1, -0.05) is 18.2 Å². The van der Waals surface area contributed by atoms with Gasteiger partial charge in [-0.05, 0) is 38.8 Å². The Morgan fingerprint density at radius 1 is 1.22 bits per heavy atom. The second kappa shape index (κ2) is 7.31. The number of rotatable bonds is 6. The maximum Gasteiger partial charge on any atom is 0.224 e. The number of aromatic nitrogens is 2. The van der Waals surface area contributed by atoms with Crippen molar-refractivity contribution >= 4 is 5.91 Å². The SMILES string of the molecule is Cc1cccc(C)c1OCCNC(=O)Cc1c(C)nn(C)c1C. The lowest BCUT2D eigenvalue weighted by Gasteiger charge is -2.12. The van der Waals surface area contributed by atoms with Crippen molar-refractivity contribution in [2.24, 2.45) is 7.05 Å². The molecule has 0 spiro atoms. The largest absolute Gasteiger partial charge is 0.491 e. The Bertz CT molecular complexity index is 684. The third-order valence-corrected chi connectivity index (χ3v) is 4.08. The number of benzene rings is 1. The van der Waals surface area contributed by atoms with Gasteiger partial charge >= 0.3 is 0 Å². The molecule has 1 N–H and O–H groups in total. The quantitative estimate of drug-likeness (QED) is 0.833. The van der Waals surface area contributed by atoms with Crippen LogP contribution in [0.1, 0.15) is 28.1 Å². The van der Waals surface area contributed by atoms with Gasteiger partial charge in [-0.3, -0.25) is 9.48 Å². The van der Waals surface area contributed by atoms with Crippen LogP contribution in [0.15, 0.2) is 18.2 Å². The molecule has 0 aliphatic heterocycles. The average molecular weight is 315 g/mol. The minimum absolute atomic E-state index is 0.00527. The number of nitrogens with one attached hydrogen (secondary N) is 1. The van der Waals surface area contributed by atoms with Crippen LogP contribution in [0.2, 0.25) is 0 Å². The zero-order chi connectivity index (χ0) is 17.0. The summed E-state index contributed by atoms with van der Waals surface area (Å²) in [5, 5.41) is 7.23. The Morgan fingerprint density at radius 2 is 1.87 bits per heavy atom. The van der Waals surface area contributed by atoms with E-state index in [9.17, 15) is 4.79 Å². The first-order valence-electron chi connectivity index (χ1n) is 7.85. The summed E-state index contributed by atoms with van der Waals surface area (Å²) in [5.41, 5.74) is 5.16. The lowest BCUT2D eigenvalue weighted by molar-refractivity contribution is -0.120. The molecule has 1 aromatic heterocycles. The number of carbonyl (C=O) groups is 1. The molecule has 0 saturated heterocycles. The second-order valence-corrected chi connectivity index (χ2v) is 5.87. The summed E-state index contributed by atoms with van der Waals surface area (Å²) < 4.78 is 7.60. The summed E-state index contributed by atoms with van der Waals surface area (Å²) >= 11 is 0. The van der Waals surface area contributed by atoms with E-state index in [-0.39, 0.29) is 5.91 Å². The van der Waals surface area contributed by atoms with Gasteiger partial charge in [-0.25, -0.2) is 0 Å². The summed E-state index contributed by atoms with van der Waals surface area (Å²) in [5.74, 6) is 0.898. The number of hydrogen-bond acceptors (Lipinski definition) is 3. The van der Waals surface area contributed by atoms with Crippen LogP contribution in [0, 0.1) is 27.7 Å². The zero-order valence-electron chi connectivity index (χ0n) is 14.6. The topological polar surface area (TPSA) is 56.1 Å². The lowest BCUT2D eigenvalue weighted by atomic mass is 10.1. The molecule has 0 aliphatic rings. The molecule has 0 atom stereocenters. The molecule has 5 nitrogen and oxygen atoms in total. The van der Waals surface area contributed by atoms with Crippen molar-refractivity contribution in [3.05, 3.63) is 46.3 Å². The fourth-order valence-electron chi connectivity index (χ4n) is 2.67. The molecular weight excluding hydrogens is 290 g/mol. The predicted octanol–water partition coefficient (Wildman–Crippen LogP) is 2.39. The molecule has 0 unspecified atom stereocenters. The third-order valence-electron chi connectivity index (χ3n) is 4.08. The van der Waals surface area contributed by atoms with Crippen LogP contribution in [-0.4, -0.2) is 28.8 Å². The highest BCUT2D eigenvalue weighted by molar-refractivity contribution is 5.79. The number of amides is 1. The normalized spacial score (nSPS) is 10.7. The maximum absolute atomic E-state index is 12.1. The van der Waals surface area contributed by atoms with E-state index in [1.807, 2.05) is 57.6 Å². The maximum atomic E-state index is 12.1. The van der Waals surface area contributed by atoms with E-state index < -0.39 is 0 Å². The first kappa shape index (κ1) is 17.1. The molecule has 0 bridgehead atoms. The van der Waals surface area contributed by atoms with Crippen LogP contribution in [0.3, 0.4) is 0 Å². The van der Waals surface area contributed by atoms with Gasteiger partial charge in [0, 0.05) is 18.3 Å². The Balaban J connectivity index is 1.81. The van der Waals surface area contributed by atoms with E-state index in [0.29, 0.717) is 19.6 Å². The standard InChI is InChI=1S/C18H25N3O2/c1-12-7-6-8-13(2)18(12)23-10-9-19-17(22)11-16-14(3)20-21(5)15(16)4/h6-8H,9-11H2,1-5H3,(H,19,22). The van der Waals surface area contributed by atoms with Gasteiger partial charge < -0.3 is 10.1 Å². The molecule has 0 radical (unpaired) electrons. The minimum Gasteiger partial charge on any atom is -0.491 e. The average Bonchev–Trinajstić information content (AvgIpc) is 2.72. The molecule has 0 aliphatic carbocycles. The number of ether oxygens (including phenoxy) is 1. The van der Waals surface area contributed by atoms with Crippen molar-refractivity contribution in [3.63, 3.8) is 0 Å². The molecule has 2 rings (SSSR count). The molecule has 1 aromatic carbocycles. The summed E-state index contributed by atoms with van der Waals surface area (Å²) in [7, 11) is 1.89. The Morgan fingerprint density at radius 3 is 2.43 bits per heavy atom. The fraction of sp³-hybridized carbons (Fsp3) is 0.444. The second-order valence-electron chi connectivity index (χ2n) is 5.87.